The first-order valence-electron chi connectivity index (χ1n) is 14.0. The van der Waals surface area contributed by atoms with Crippen LogP contribution in [0.25, 0.3) is 11.2 Å². The maximum Gasteiger partial charge on any atom is 0.224 e. The number of amides is 1. The molecule has 7 N–H and O–H groups in total. The zero-order chi connectivity index (χ0) is 28.9. The fourth-order valence-electron chi connectivity index (χ4n) is 5.00. The van der Waals surface area contributed by atoms with Crippen molar-refractivity contribution in [2.45, 2.75) is 70.0 Å². The number of nitrogen functional groups attached to an aromatic ring is 1. The van der Waals surface area contributed by atoms with E-state index in [1.54, 1.807) is 16.8 Å². The summed E-state index contributed by atoms with van der Waals surface area (Å²) in [4.78, 5) is 23.4. The van der Waals surface area contributed by atoms with Gasteiger partial charge in [0.1, 0.15) is 23.8 Å². The number of rotatable bonds is 12. The number of nitrogens with one attached hydrogen (secondary N) is 1. The quantitative estimate of drug-likeness (QED) is 0.208. The number of hydrogen-bond donors (Lipinski definition) is 5. The largest absolute Gasteiger partial charge is 0.397 e. The van der Waals surface area contributed by atoms with Gasteiger partial charge in [-0.15, -0.1) is 0 Å². The SMILES string of the molecule is CC(C)(C)c1ccc(CC(=O)NCCN(CCCCN)C[C@H]2O[C@@H](n3cnc4c(N)ccnc43)[C@H](O)[C@@H]2O)cc1. The van der Waals surface area contributed by atoms with Gasteiger partial charge in [-0.1, -0.05) is 45.0 Å². The number of imidazole rings is 1. The second-order valence-electron chi connectivity index (χ2n) is 11.5. The number of carbonyl (C=O) groups excluding carboxylic acids is 1. The van der Waals surface area contributed by atoms with Crippen LogP contribution in [0.2, 0.25) is 0 Å². The van der Waals surface area contributed by atoms with Gasteiger partial charge >= 0.3 is 0 Å². The number of benzene rings is 1. The monoisotopic (exact) mass is 553 g/mol. The highest BCUT2D eigenvalue weighted by Gasteiger charge is 2.44. The van der Waals surface area contributed by atoms with Crippen molar-refractivity contribution in [2.24, 2.45) is 5.73 Å². The minimum Gasteiger partial charge on any atom is -0.397 e. The van der Waals surface area contributed by atoms with Crippen LogP contribution in [-0.4, -0.2) is 86.6 Å². The van der Waals surface area contributed by atoms with Crippen LogP contribution < -0.4 is 16.8 Å². The lowest BCUT2D eigenvalue weighted by Gasteiger charge is -2.27. The summed E-state index contributed by atoms with van der Waals surface area (Å²) in [6.45, 7) is 9.20. The molecule has 1 aromatic carbocycles. The van der Waals surface area contributed by atoms with E-state index in [4.69, 9.17) is 16.2 Å². The number of aromatic nitrogens is 3. The fourth-order valence-corrected chi connectivity index (χ4v) is 5.00. The summed E-state index contributed by atoms with van der Waals surface area (Å²) in [5.74, 6) is -0.0446. The molecule has 0 bridgehead atoms. The average Bonchev–Trinajstić information content (AvgIpc) is 3.46. The first-order chi connectivity index (χ1) is 19.1. The number of aliphatic hydroxyl groups excluding tert-OH is 2. The number of nitrogens with two attached hydrogens (primary N) is 2. The van der Waals surface area contributed by atoms with Gasteiger partial charge in [-0.25, -0.2) is 9.97 Å². The Balaban J connectivity index is 1.34. The third-order valence-corrected chi connectivity index (χ3v) is 7.40. The zero-order valence-electron chi connectivity index (χ0n) is 23.7. The number of aliphatic hydroxyl groups is 2. The topological polar surface area (TPSA) is 165 Å². The maximum atomic E-state index is 12.6. The number of anilines is 1. The summed E-state index contributed by atoms with van der Waals surface area (Å²) in [6.07, 6.45) is 1.36. The fraction of sp³-hybridized carbons (Fsp3) is 0.552. The van der Waals surface area contributed by atoms with Crippen LogP contribution in [0.3, 0.4) is 0 Å². The van der Waals surface area contributed by atoms with E-state index in [9.17, 15) is 15.0 Å². The normalized spacial score (nSPS) is 21.4. The second kappa shape index (κ2) is 13.0. The number of unbranched alkanes of at least 4 members (excludes halogenated alkanes) is 1. The molecule has 1 aliphatic heterocycles. The van der Waals surface area contributed by atoms with E-state index in [2.05, 4.69) is 53.1 Å². The number of nitrogens with zero attached hydrogens (tertiary/aromatic N) is 4. The molecule has 0 unspecified atom stereocenters. The molecule has 3 aromatic rings. The number of hydrogen-bond acceptors (Lipinski definition) is 9. The molecule has 4 rings (SSSR count). The Bertz CT molecular complexity index is 1260. The van der Waals surface area contributed by atoms with Gasteiger partial charge in [0.25, 0.3) is 0 Å². The standard InChI is InChI=1S/C29H43N7O4/c1-29(2,3)20-8-6-19(7-9-20)16-23(37)32-13-15-35(14-5-4-11-30)17-22-25(38)26(39)28(40-22)36-18-34-24-21(31)10-12-33-27(24)36/h6-10,12,18,22,25-26,28,38-39H,4-5,11,13-17,30H2,1-3H3,(H2,31,33)(H,32,37)/t22-,25-,26-,28-/m1/s1. The predicted octanol–water partition coefficient (Wildman–Crippen LogP) is 1.33. The van der Waals surface area contributed by atoms with Crippen molar-refractivity contribution in [1.29, 1.82) is 0 Å². The van der Waals surface area contributed by atoms with Crippen molar-refractivity contribution < 1.29 is 19.7 Å². The summed E-state index contributed by atoms with van der Waals surface area (Å²) in [6, 6.07) is 9.83. The Morgan fingerprint density at radius 3 is 2.55 bits per heavy atom. The molecule has 0 spiro atoms. The molecule has 2 aromatic heterocycles. The van der Waals surface area contributed by atoms with E-state index < -0.39 is 24.5 Å². The van der Waals surface area contributed by atoms with Gasteiger partial charge in [0.2, 0.25) is 5.91 Å². The predicted molar refractivity (Wildman–Crippen MR) is 154 cm³/mol. The van der Waals surface area contributed by atoms with Crippen molar-refractivity contribution in [2.75, 3.05) is 38.5 Å². The van der Waals surface area contributed by atoms with E-state index in [0.29, 0.717) is 49.5 Å². The molecular formula is C29H43N7O4. The molecule has 0 saturated carbocycles. The van der Waals surface area contributed by atoms with Gasteiger partial charge in [0.15, 0.2) is 11.9 Å². The Morgan fingerprint density at radius 1 is 1.10 bits per heavy atom. The molecule has 4 atom stereocenters. The summed E-state index contributed by atoms with van der Waals surface area (Å²) in [7, 11) is 0. The van der Waals surface area contributed by atoms with E-state index in [-0.39, 0.29) is 11.3 Å². The van der Waals surface area contributed by atoms with Crippen molar-refractivity contribution >= 4 is 22.8 Å². The summed E-state index contributed by atoms with van der Waals surface area (Å²) < 4.78 is 7.75. The first kappa shape index (κ1) is 29.9. The molecule has 1 amide bonds. The molecule has 1 aliphatic rings. The average molecular weight is 554 g/mol. The highest BCUT2D eigenvalue weighted by molar-refractivity contribution is 5.83. The zero-order valence-corrected chi connectivity index (χ0v) is 23.7. The van der Waals surface area contributed by atoms with Gasteiger partial charge in [-0.05, 0) is 48.5 Å². The molecule has 11 nitrogen and oxygen atoms in total. The molecule has 3 heterocycles. The Labute approximate surface area is 235 Å². The van der Waals surface area contributed by atoms with Crippen molar-refractivity contribution in [3.63, 3.8) is 0 Å². The Hall–Kier alpha value is -3.09. The van der Waals surface area contributed by atoms with Crippen LogP contribution in [0.4, 0.5) is 5.69 Å². The first-order valence-corrected chi connectivity index (χ1v) is 14.0. The van der Waals surface area contributed by atoms with E-state index >= 15 is 0 Å². The van der Waals surface area contributed by atoms with E-state index in [0.717, 1.165) is 24.9 Å². The van der Waals surface area contributed by atoms with Crippen LogP contribution in [0.5, 0.6) is 0 Å². The minimum atomic E-state index is -1.17. The highest BCUT2D eigenvalue weighted by Crippen LogP contribution is 2.32. The molecule has 40 heavy (non-hydrogen) atoms. The summed E-state index contributed by atoms with van der Waals surface area (Å²) >= 11 is 0. The van der Waals surface area contributed by atoms with Crippen molar-refractivity contribution in [3.8, 4) is 0 Å². The van der Waals surface area contributed by atoms with Crippen LogP contribution in [0, 0.1) is 0 Å². The number of ether oxygens (including phenoxy) is 1. The van der Waals surface area contributed by atoms with Gasteiger partial charge in [-0.2, -0.15) is 0 Å². The summed E-state index contributed by atoms with van der Waals surface area (Å²) in [5.41, 5.74) is 15.4. The molecular weight excluding hydrogens is 510 g/mol. The van der Waals surface area contributed by atoms with Crippen molar-refractivity contribution in [1.82, 2.24) is 24.8 Å². The van der Waals surface area contributed by atoms with Gasteiger partial charge < -0.3 is 31.7 Å². The van der Waals surface area contributed by atoms with Gasteiger partial charge in [0.05, 0.1) is 18.4 Å². The number of pyridine rings is 1. The van der Waals surface area contributed by atoms with Crippen LogP contribution >= 0.6 is 0 Å². The van der Waals surface area contributed by atoms with Crippen molar-refractivity contribution in [3.05, 3.63) is 54.0 Å². The third kappa shape index (κ3) is 7.15. The Kier molecular flexibility index (Phi) is 9.75. The third-order valence-electron chi connectivity index (χ3n) is 7.40. The lowest BCUT2D eigenvalue weighted by molar-refractivity contribution is -0.120. The Morgan fingerprint density at radius 2 is 1.85 bits per heavy atom. The molecule has 1 fully saturated rings. The van der Waals surface area contributed by atoms with Gasteiger partial charge in [-0.3, -0.25) is 14.3 Å². The lowest BCUT2D eigenvalue weighted by Crippen LogP contribution is -2.43. The molecule has 0 radical (unpaired) electrons. The lowest BCUT2D eigenvalue weighted by atomic mass is 9.86. The molecule has 0 aliphatic carbocycles. The van der Waals surface area contributed by atoms with Crippen LogP contribution in [0.1, 0.15) is 51.0 Å². The van der Waals surface area contributed by atoms with E-state index in [1.807, 2.05) is 12.1 Å². The number of fused-ring (bicyclic) bond motifs is 1. The van der Waals surface area contributed by atoms with E-state index in [1.165, 1.54) is 11.9 Å². The second-order valence-corrected chi connectivity index (χ2v) is 11.5. The molecule has 218 valence electrons. The van der Waals surface area contributed by atoms with Gasteiger partial charge in [0, 0.05) is 25.8 Å². The number of carbonyl (C=O) groups is 1. The summed E-state index contributed by atoms with van der Waals surface area (Å²) in [5, 5.41) is 24.7. The minimum absolute atomic E-state index is 0.0446. The van der Waals surface area contributed by atoms with Crippen LogP contribution in [-0.2, 0) is 21.4 Å². The molecule has 1 saturated heterocycles. The smallest absolute Gasteiger partial charge is 0.224 e. The molecule has 11 heteroatoms. The highest BCUT2D eigenvalue weighted by atomic mass is 16.6. The maximum absolute atomic E-state index is 12.6. The van der Waals surface area contributed by atoms with Crippen LogP contribution in [0.15, 0.2) is 42.9 Å².